The molecule has 0 N–H and O–H groups in total. The molecular formula is C23H30N2O4. The highest BCUT2D eigenvalue weighted by Crippen LogP contribution is 2.24. The van der Waals surface area contributed by atoms with Crippen LogP contribution in [-0.4, -0.2) is 41.0 Å². The highest BCUT2D eigenvalue weighted by molar-refractivity contribution is 6.06. The number of hydrogen-bond donors (Lipinski definition) is 0. The number of nitrogens with zero attached hydrogens (tertiary/aromatic N) is 2. The quantitative estimate of drug-likeness (QED) is 0.565. The van der Waals surface area contributed by atoms with E-state index < -0.39 is 0 Å². The van der Waals surface area contributed by atoms with Gasteiger partial charge in [-0.3, -0.25) is 14.4 Å². The summed E-state index contributed by atoms with van der Waals surface area (Å²) in [5, 5.41) is 1.17. The van der Waals surface area contributed by atoms with Crippen LogP contribution >= 0.6 is 0 Å². The predicted molar refractivity (Wildman–Crippen MR) is 113 cm³/mol. The van der Waals surface area contributed by atoms with Crippen LogP contribution in [-0.2, 0) is 9.53 Å². The van der Waals surface area contributed by atoms with Crippen molar-refractivity contribution in [1.82, 2.24) is 9.47 Å². The summed E-state index contributed by atoms with van der Waals surface area (Å²) in [5.74, 6) is -0.410. The van der Waals surface area contributed by atoms with E-state index in [9.17, 15) is 14.4 Å². The largest absolute Gasteiger partial charge is 0.464 e. The van der Waals surface area contributed by atoms with Crippen LogP contribution in [0.3, 0.4) is 0 Å². The number of benzene rings is 1. The van der Waals surface area contributed by atoms with Crippen LogP contribution in [0, 0.1) is 0 Å². The number of amides is 1. The predicted octanol–water partition coefficient (Wildman–Crippen LogP) is 3.92. The van der Waals surface area contributed by atoms with Gasteiger partial charge >= 0.3 is 5.97 Å². The number of aromatic nitrogens is 1. The Morgan fingerprint density at radius 2 is 1.83 bits per heavy atom. The SMILES string of the molecule is CC(=O)OC[C@@H](C)n1ccc2c(C(=O)N(C)C3CCCCCC3)cccc2c1=O. The first-order valence-corrected chi connectivity index (χ1v) is 10.4. The first kappa shape index (κ1) is 21.1. The zero-order chi connectivity index (χ0) is 21.0. The Hall–Kier alpha value is -2.63. The lowest BCUT2D eigenvalue weighted by Crippen LogP contribution is -2.37. The Balaban J connectivity index is 1.91. The number of hydrogen-bond acceptors (Lipinski definition) is 4. The van der Waals surface area contributed by atoms with E-state index in [1.807, 2.05) is 24.9 Å². The number of carbonyl (C=O) groups is 2. The van der Waals surface area contributed by atoms with Crippen LogP contribution in [0.25, 0.3) is 10.8 Å². The lowest BCUT2D eigenvalue weighted by atomic mass is 10.0. The average Bonchev–Trinajstić information content (AvgIpc) is 3.00. The highest BCUT2D eigenvalue weighted by Gasteiger charge is 2.24. The molecule has 2 aromatic rings. The lowest BCUT2D eigenvalue weighted by molar-refractivity contribution is -0.141. The van der Waals surface area contributed by atoms with Gasteiger partial charge in [-0.2, -0.15) is 0 Å². The Morgan fingerprint density at radius 1 is 1.14 bits per heavy atom. The number of ether oxygens (including phenoxy) is 1. The minimum Gasteiger partial charge on any atom is -0.464 e. The average molecular weight is 399 g/mol. The maximum absolute atomic E-state index is 13.2. The Morgan fingerprint density at radius 3 is 2.48 bits per heavy atom. The van der Waals surface area contributed by atoms with Gasteiger partial charge in [-0.05, 0) is 38.0 Å². The van der Waals surface area contributed by atoms with Gasteiger partial charge in [-0.15, -0.1) is 0 Å². The van der Waals surface area contributed by atoms with E-state index >= 15 is 0 Å². The van der Waals surface area contributed by atoms with Gasteiger partial charge in [-0.25, -0.2) is 0 Å². The fraction of sp³-hybridized carbons (Fsp3) is 0.522. The van der Waals surface area contributed by atoms with Gasteiger partial charge in [-0.1, -0.05) is 31.7 Å². The summed E-state index contributed by atoms with van der Waals surface area (Å²) in [4.78, 5) is 39.2. The first-order valence-electron chi connectivity index (χ1n) is 10.4. The number of esters is 1. The topological polar surface area (TPSA) is 68.6 Å². The third-order valence-electron chi connectivity index (χ3n) is 5.90. The van der Waals surface area contributed by atoms with E-state index in [2.05, 4.69) is 0 Å². The molecule has 0 spiro atoms. The molecule has 0 saturated heterocycles. The van der Waals surface area contributed by atoms with Crippen LogP contribution in [0.4, 0.5) is 0 Å². The number of rotatable bonds is 5. The van der Waals surface area contributed by atoms with E-state index in [-0.39, 0.29) is 36.1 Å². The molecule has 0 aliphatic heterocycles. The third kappa shape index (κ3) is 4.69. The van der Waals surface area contributed by atoms with Crippen LogP contribution in [0.1, 0.15) is 68.8 Å². The standard InChI is InChI=1S/C23H30N2O4/c1-16(15-29-17(2)26)25-14-13-19-20(11-8-12-21(19)23(25)28)22(27)24(3)18-9-6-4-5-7-10-18/h8,11-14,16,18H,4-7,9-10,15H2,1-3H3/t16-/m1/s1. The monoisotopic (exact) mass is 398 g/mol. The fourth-order valence-electron chi connectivity index (χ4n) is 4.15. The maximum atomic E-state index is 13.2. The normalized spacial score (nSPS) is 16.2. The number of fused-ring (bicyclic) bond motifs is 1. The fourth-order valence-corrected chi connectivity index (χ4v) is 4.15. The molecule has 1 saturated carbocycles. The molecule has 29 heavy (non-hydrogen) atoms. The summed E-state index contributed by atoms with van der Waals surface area (Å²) in [6, 6.07) is 7.08. The van der Waals surface area contributed by atoms with Crippen molar-refractivity contribution in [3.8, 4) is 0 Å². The molecule has 1 atom stereocenters. The Bertz CT molecular complexity index is 942. The first-order chi connectivity index (χ1) is 13.9. The smallest absolute Gasteiger partial charge is 0.302 e. The van der Waals surface area contributed by atoms with E-state index in [1.165, 1.54) is 19.8 Å². The molecule has 1 amide bonds. The van der Waals surface area contributed by atoms with Crippen molar-refractivity contribution in [2.75, 3.05) is 13.7 Å². The summed E-state index contributed by atoms with van der Waals surface area (Å²) in [5.41, 5.74) is 0.375. The minimum atomic E-state index is -0.375. The molecule has 6 heteroatoms. The second-order valence-electron chi connectivity index (χ2n) is 8.01. The lowest BCUT2D eigenvalue weighted by Gasteiger charge is -2.28. The molecule has 0 radical (unpaired) electrons. The zero-order valence-electron chi connectivity index (χ0n) is 17.5. The van der Waals surface area contributed by atoms with Crippen LogP contribution < -0.4 is 5.56 Å². The highest BCUT2D eigenvalue weighted by atomic mass is 16.5. The molecule has 1 heterocycles. The van der Waals surface area contributed by atoms with Crippen molar-refractivity contribution < 1.29 is 14.3 Å². The Kier molecular flexibility index (Phi) is 6.72. The summed E-state index contributed by atoms with van der Waals surface area (Å²) in [7, 11) is 1.87. The van der Waals surface area contributed by atoms with Gasteiger partial charge in [0, 0.05) is 42.5 Å². The van der Waals surface area contributed by atoms with Crippen molar-refractivity contribution in [3.63, 3.8) is 0 Å². The molecular weight excluding hydrogens is 368 g/mol. The van der Waals surface area contributed by atoms with E-state index in [0.29, 0.717) is 16.3 Å². The van der Waals surface area contributed by atoms with E-state index in [4.69, 9.17) is 4.74 Å². The molecule has 1 aliphatic carbocycles. The van der Waals surface area contributed by atoms with E-state index in [0.717, 1.165) is 25.7 Å². The molecule has 156 valence electrons. The second kappa shape index (κ2) is 9.25. The minimum absolute atomic E-state index is 0.0346. The molecule has 0 unspecified atom stereocenters. The van der Waals surface area contributed by atoms with Crippen LogP contribution in [0.15, 0.2) is 35.3 Å². The second-order valence-corrected chi connectivity index (χ2v) is 8.01. The molecule has 3 rings (SSSR count). The van der Waals surface area contributed by atoms with Crippen molar-refractivity contribution in [2.24, 2.45) is 0 Å². The summed E-state index contributed by atoms with van der Waals surface area (Å²) in [6.07, 6.45) is 8.53. The van der Waals surface area contributed by atoms with Gasteiger partial charge in [0.25, 0.3) is 11.5 Å². The van der Waals surface area contributed by atoms with Gasteiger partial charge in [0.2, 0.25) is 0 Å². The van der Waals surface area contributed by atoms with Crippen LogP contribution in [0.5, 0.6) is 0 Å². The molecule has 0 bridgehead atoms. The van der Waals surface area contributed by atoms with Crippen molar-refractivity contribution in [3.05, 3.63) is 46.4 Å². The summed E-state index contributed by atoms with van der Waals surface area (Å²) in [6.45, 7) is 3.30. The molecule has 1 aromatic heterocycles. The third-order valence-corrected chi connectivity index (χ3v) is 5.90. The molecule has 1 fully saturated rings. The van der Waals surface area contributed by atoms with Gasteiger partial charge in [0.05, 0.1) is 6.04 Å². The molecule has 6 nitrogen and oxygen atoms in total. The molecule has 1 aromatic carbocycles. The van der Waals surface area contributed by atoms with Gasteiger partial charge in [0.15, 0.2) is 0 Å². The molecule has 1 aliphatic rings. The zero-order valence-corrected chi connectivity index (χ0v) is 17.5. The van der Waals surface area contributed by atoms with Crippen LogP contribution in [0.2, 0.25) is 0 Å². The summed E-state index contributed by atoms with van der Waals surface area (Å²) >= 11 is 0. The van der Waals surface area contributed by atoms with Crippen molar-refractivity contribution in [2.45, 2.75) is 64.5 Å². The Labute approximate surface area is 171 Å². The van der Waals surface area contributed by atoms with Gasteiger partial charge < -0.3 is 14.2 Å². The van der Waals surface area contributed by atoms with Crippen molar-refractivity contribution in [1.29, 1.82) is 0 Å². The maximum Gasteiger partial charge on any atom is 0.302 e. The van der Waals surface area contributed by atoms with E-state index in [1.54, 1.807) is 29.0 Å². The number of carbonyl (C=O) groups excluding carboxylic acids is 2. The van der Waals surface area contributed by atoms with Gasteiger partial charge in [0.1, 0.15) is 6.61 Å². The summed E-state index contributed by atoms with van der Waals surface area (Å²) < 4.78 is 6.59. The van der Waals surface area contributed by atoms with Crippen molar-refractivity contribution >= 4 is 22.6 Å². The number of pyridine rings is 1.